The molecule has 0 aromatic carbocycles. The van der Waals surface area contributed by atoms with Crippen molar-refractivity contribution in [2.75, 3.05) is 29.9 Å². The number of sulfone groups is 1. The van der Waals surface area contributed by atoms with Gasteiger partial charge in [0, 0.05) is 24.6 Å². The van der Waals surface area contributed by atoms with Gasteiger partial charge >= 0.3 is 0 Å². The molecule has 2 saturated heterocycles. The molecule has 0 bridgehead atoms. The number of likely N-dealkylation sites (tertiary alicyclic amines) is 1. The maximum absolute atomic E-state index is 12.7. The average Bonchev–Trinajstić information content (AvgIpc) is 3.14. The lowest BCUT2D eigenvalue weighted by molar-refractivity contribution is -0.121. The Hall–Kier alpha value is -1.41. The second-order valence-electron chi connectivity index (χ2n) is 7.46. The van der Waals surface area contributed by atoms with Crippen molar-refractivity contribution in [3.05, 3.63) is 11.3 Å². The zero-order valence-electron chi connectivity index (χ0n) is 16.0. The number of hydrogen-bond donors (Lipinski definition) is 1. The highest BCUT2D eigenvalue weighted by molar-refractivity contribution is 7.91. The zero-order chi connectivity index (χ0) is 18.9. The molecular formula is C18H30N4O3S. The Bertz CT molecular complexity index is 764. The molecular weight excluding hydrogens is 352 g/mol. The van der Waals surface area contributed by atoms with Crippen LogP contribution in [0.4, 0.5) is 5.82 Å². The number of aromatic nitrogens is 2. The molecule has 0 radical (unpaired) electrons. The van der Waals surface area contributed by atoms with E-state index in [1.807, 2.05) is 7.05 Å². The fourth-order valence-electron chi connectivity index (χ4n) is 4.24. The lowest BCUT2D eigenvalue weighted by atomic mass is 9.94. The molecule has 1 unspecified atom stereocenters. The molecule has 26 heavy (non-hydrogen) atoms. The number of nitrogens with one attached hydrogen (secondary N) is 1. The van der Waals surface area contributed by atoms with Gasteiger partial charge in [0.05, 0.1) is 17.2 Å². The predicted octanol–water partition coefficient (Wildman–Crippen LogP) is 1.38. The second kappa shape index (κ2) is 7.68. The minimum absolute atomic E-state index is 0.0195. The first-order valence-corrected chi connectivity index (χ1v) is 11.5. The molecule has 1 aromatic rings. The molecule has 8 heteroatoms. The largest absolute Gasteiger partial charge is 0.310 e. The van der Waals surface area contributed by atoms with E-state index in [2.05, 4.69) is 29.2 Å². The number of rotatable bonds is 5. The highest BCUT2D eigenvalue weighted by atomic mass is 32.2. The van der Waals surface area contributed by atoms with Crippen LogP contribution in [0.25, 0.3) is 0 Å². The van der Waals surface area contributed by atoms with Crippen molar-refractivity contribution in [1.82, 2.24) is 14.7 Å². The standard InChI is InChI=1S/C18H30N4O3S/c1-4-15-16(5-2)20-21(3)17(15)19-18(23)13-6-9-22(10-7-13)14-8-11-26(24,25)12-14/h13-14H,4-12H2,1-3H3,(H,19,23). The Morgan fingerprint density at radius 2 is 1.88 bits per heavy atom. The molecule has 2 aliphatic heterocycles. The van der Waals surface area contributed by atoms with E-state index in [1.54, 1.807) is 4.68 Å². The first-order chi connectivity index (χ1) is 12.3. The Morgan fingerprint density at radius 1 is 1.19 bits per heavy atom. The highest BCUT2D eigenvalue weighted by Crippen LogP contribution is 2.27. The van der Waals surface area contributed by atoms with Gasteiger partial charge < -0.3 is 5.32 Å². The summed E-state index contributed by atoms with van der Waals surface area (Å²) in [5.41, 5.74) is 2.17. The summed E-state index contributed by atoms with van der Waals surface area (Å²) in [4.78, 5) is 15.0. The van der Waals surface area contributed by atoms with Gasteiger partial charge in [0.1, 0.15) is 5.82 Å². The number of carbonyl (C=O) groups excluding carboxylic acids is 1. The van der Waals surface area contributed by atoms with Gasteiger partial charge in [0.15, 0.2) is 9.84 Å². The molecule has 1 amide bonds. The van der Waals surface area contributed by atoms with E-state index in [-0.39, 0.29) is 23.6 Å². The van der Waals surface area contributed by atoms with E-state index in [0.29, 0.717) is 5.75 Å². The topological polar surface area (TPSA) is 84.3 Å². The number of anilines is 1. The summed E-state index contributed by atoms with van der Waals surface area (Å²) in [6, 6.07) is 0.139. The Labute approximate surface area is 156 Å². The second-order valence-corrected chi connectivity index (χ2v) is 9.69. The third kappa shape index (κ3) is 3.96. The number of carbonyl (C=O) groups is 1. The monoisotopic (exact) mass is 382 g/mol. The van der Waals surface area contributed by atoms with Gasteiger partial charge in [-0.3, -0.25) is 14.4 Å². The number of amides is 1. The lowest BCUT2D eigenvalue weighted by Gasteiger charge is -2.34. The lowest BCUT2D eigenvalue weighted by Crippen LogP contribution is -2.44. The molecule has 3 rings (SSSR count). The van der Waals surface area contributed by atoms with Crippen LogP contribution in [0.5, 0.6) is 0 Å². The van der Waals surface area contributed by atoms with Gasteiger partial charge in [-0.25, -0.2) is 8.42 Å². The minimum atomic E-state index is -2.86. The number of aryl methyl sites for hydroxylation is 2. The number of piperidine rings is 1. The van der Waals surface area contributed by atoms with E-state index >= 15 is 0 Å². The Morgan fingerprint density at radius 3 is 2.42 bits per heavy atom. The van der Waals surface area contributed by atoms with Gasteiger partial charge in [-0.05, 0) is 45.2 Å². The summed E-state index contributed by atoms with van der Waals surface area (Å²) in [7, 11) is -0.987. The van der Waals surface area contributed by atoms with Crippen molar-refractivity contribution < 1.29 is 13.2 Å². The van der Waals surface area contributed by atoms with Crippen LogP contribution in [0.1, 0.15) is 44.4 Å². The van der Waals surface area contributed by atoms with Crippen LogP contribution >= 0.6 is 0 Å². The van der Waals surface area contributed by atoms with E-state index < -0.39 is 9.84 Å². The normalized spacial score (nSPS) is 24.0. The third-order valence-corrected chi connectivity index (χ3v) is 7.53. The van der Waals surface area contributed by atoms with Gasteiger partial charge in [0.25, 0.3) is 0 Å². The SMILES string of the molecule is CCc1nn(C)c(NC(=O)C2CCN(C3CCS(=O)(=O)C3)CC2)c1CC. The maximum Gasteiger partial charge on any atom is 0.228 e. The summed E-state index contributed by atoms with van der Waals surface area (Å²) in [5, 5.41) is 7.61. The molecule has 1 N–H and O–H groups in total. The molecule has 1 atom stereocenters. The minimum Gasteiger partial charge on any atom is -0.310 e. The number of hydrogen-bond acceptors (Lipinski definition) is 5. The van der Waals surface area contributed by atoms with Crippen molar-refractivity contribution in [3.63, 3.8) is 0 Å². The van der Waals surface area contributed by atoms with Crippen LogP contribution in [0.15, 0.2) is 0 Å². The van der Waals surface area contributed by atoms with Crippen molar-refractivity contribution in [2.24, 2.45) is 13.0 Å². The summed E-state index contributed by atoms with van der Waals surface area (Å²) >= 11 is 0. The van der Waals surface area contributed by atoms with Crippen LogP contribution in [-0.2, 0) is 34.5 Å². The fraction of sp³-hybridized carbons (Fsp3) is 0.778. The molecule has 2 aliphatic rings. The molecule has 3 heterocycles. The van der Waals surface area contributed by atoms with Crippen LogP contribution in [-0.4, -0.2) is 59.6 Å². The zero-order valence-corrected chi connectivity index (χ0v) is 16.8. The van der Waals surface area contributed by atoms with Crippen molar-refractivity contribution in [2.45, 2.75) is 52.0 Å². The van der Waals surface area contributed by atoms with Crippen LogP contribution in [0, 0.1) is 5.92 Å². The molecule has 146 valence electrons. The molecule has 0 aliphatic carbocycles. The first-order valence-electron chi connectivity index (χ1n) is 9.64. The van der Waals surface area contributed by atoms with Crippen molar-refractivity contribution in [3.8, 4) is 0 Å². The Balaban J connectivity index is 1.59. The summed E-state index contributed by atoms with van der Waals surface area (Å²) < 4.78 is 25.1. The average molecular weight is 383 g/mol. The predicted molar refractivity (Wildman–Crippen MR) is 102 cm³/mol. The van der Waals surface area contributed by atoms with Crippen molar-refractivity contribution in [1.29, 1.82) is 0 Å². The van der Waals surface area contributed by atoms with Crippen molar-refractivity contribution >= 4 is 21.6 Å². The summed E-state index contributed by atoms with van der Waals surface area (Å²) in [6.45, 7) is 5.75. The van der Waals surface area contributed by atoms with E-state index in [1.165, 1.54) is 0 Å². The molecule has 0 saturated carbocycles. The number of nitrogens with zero attached hydrogens (tertiary/aromatic N) is 3. The highest BCUT2D eigenvalue weighted by Gasteiger charge is 2.35. The Kier molecular flexibility index (Phi) is 5.72. The van der Waals surface area contributed by atoms with Gasteiger partial charge in [-0.1, -0.05) is 13.8 Å². The third-order valence-electron chi connectivity index (χ3n) is 5.78. The van der Waals surface area contributed by atoms with Gasteiger partial charge in [0.2, 0.25) is 5.91 Å². The summed E-state index contributed by atoms with van der Waals surface area (Å²) in [6.07, 6.45) is 4.00. The van der Waals surface area contributed by atoms with Crippen LogP contribution in [0.2, 0.25) is 0 Å². The molecule has 0 spiro atoms. The smallest absolute Gasteiger partial charge is 0.228 e. The quantitative estimate of drug-likeness (QED) is 0.832. The molecule has 1 aromatic heterocycles. The van der Waals surface area contributed by atoms with Gasteiger partial charge in [-0.2, -0.15) is 5.10 Å². The summed E-state index contributed by atoms with van der Waals surface area (Å²) in [5.74, 6) is 1.44. The maximum atomic E-state index is 12.7. The van der Waals surface area contributed by atoms with Crippen LogP contribution in [0.3, 0.4) is 0 Å². The first kappa shape index (κ1) is 19.4. The fourth-order valence-corrected chi connectivity index (χ4v) is 6.01. The van der Waals surface area contributed by atoms with Gasteiger partial charge in [-0.15, -0.1) is 0 Å². The van der Waals surface area contributed by atoms with E-state index in [4.69, 9.17) is 0 Å². The molecule has 2 fully saturated rings. The van der Waals surface area contributed by atoms with Crippen LogP contribution < -0.4 is 5.32 Å². The van der Waals surface area contributed by atoms with E-state index in [9.17, 15) is 13.2 Å². The van der Waals surface area contributed by atoms with E-state index in [0.717, 1.165) is 62.3 Å². The molecule has 7 nitrogen and oxygen atoms in total.